The maximum Gasteiger partial charge on any atom is 0.0534 e. The van der Waals surface area contributed by atoms with Crippen molar-refractivity contribution in [1.29, 1.82) is 0 Å². The fourth-order valence-corrected chi connectivity index (χ4v) is 2.84. The second-order valence-corrected chi connectivity index (χ2v) is 5.98. The van der Waals surface area contributed by atoms with Crippen molar-refractivity contribution in [2.24, 2.45) is 12.8 Å². The third kappa shape index (κ3) is 3.52. The molecule has 1 unspecified atom stereocenters. The molecule has 0 fully saturated rings. The lowest BCUT2D eigenvalue weighted by molar-refractivity contribution is 0.241. The zero-order valence-corrected chi connectivity index (χ0v) is 13.7. The van der Waals surface area contributed by atoms with Gasteiger partial charge in [-0.1, -0.05) is 12.1 Å². The minimum Gasteiger partial charge on any atom is -0.329 e. The first-order chi connectivity index (χ1) is 9.92. The Morgan fingerprint density at radius 3 is 2.43 bits per heavy atom. The maximum absolute atomic E-state index is 6.06. The van der Waals surface area contributed by atoms with Crippen molar-refractivity contribution in [3.8, 4) is 0 Å². The van der Waals surface area contributed by atoms with Gasteiger partial charge in [-0.2, -0.15) is 5.10 Å². The van der Waals surface area contributed by atoms with Crippen LogP contribution in [0.4, 0.5) is 0 Å². The summed E-state index contributed by atoms with van der Waals surface area (Å²) in [4.78, 5) is 2.30. The van der Waals surface area contributed by atoms with Gasteiger partial charge in [0.1, 0.15) is 0 Å². The highest BCUT2D eigenvalue weighted by Gasteiger charge is 2.18. The summed E-state index contributed by atoms with van der Waals surface area (Å²) in [5.41, 5.74) is 12.6. The van der Waals surface area contributed by atoms with E-state index < -0.39 is 0 Å². The van der Waals surface area contributed by atoms with Crippen LogP contribution in [0, 0.1) is 20.8 Å². The lowest BCUT2D eigenvalue weighted by Gasteiger charge is -2.29. The lowest BCUT2D eigenvalue weighted by Crippen LogP contribution is -2.30. The number of benzene rings is 1. The molecule has 0 aliphatic heterocycles. The van der Waals surface area contributed by atoms with Crippen LogP contribution in [0.15, 0.2) is 24.5 Å². The number of hydrogen-bond acceptors (Lipinski definition) is 3. The summed E-state index contributed by atoms with van der Waals surface area (Å²) in [5, 5.41) is 4.23. The molecule has 2 N–H and O–H groups in total. The van der Waals surface area contributed by atoms with Crippen LogP contribution in [0.25, 0.3) is 0 Å². The van der Waals surface area contributed by atoms with Gasteiger partial charge in [0.25, 0.3) is 0 Å². The van der Waals surface area contributed by atoms with Crippen molar-refractivity contribution >= 4 is 0 Å². The van der Waals surface area contributed by atoms with Crippen molar-refractivity contribution < 1.29 is 0 Å². The highest BCUT2D eigenvalue weighted by Crippen LogP contribution is 2.26. The van der Waals surface area contributed by atoms with E-state index >= 15 is 0 Å². The fourth-order valence-electron chi connectivity index (χ4n) is 2.84. The van der Waals surface area contributed by atoms with Gasteiger partial charge in [-0.15, -0.1) is 0 Å². The first-order valence-electron chi connectivity index (χ1n) is 7.38. The van der Waals surface area contributed by atoms with E-state index in [0.29, 0.717) is 6.54 Å². The first kappa shape index (κ1) is 15.7. The summed E-state index contributed by atoms with van der Waals surface area (Å²) in [6.45, 7) is 7.94. The Balaban J connectivity index is 2.24. The van der Waals surface area contributed by atoms with Gasteiger partial charge in [0.15, 0.2) is 0 Å². The Bertz CT molecular complexity index is 615. The van der Waals surface area contributed by atoms with E-state index in [1.54, 1.807) is 0 Å². The van der Waals surface area contributed by atoms with Crippen LogP contribution in [0.3, 0.4) is 0 Å². The Kier molecular flexibility index (Phi) is 4.80. The standard InChI is InChI=1S/C17H26N4/c1-12-6-14(3)16(7-13(12)2)17(8-18)20(4)10-15-9-19-21(5)11-15/h6-7,9,11,17H,8,10,18H2,1-5H3. The molecule has 21 heavy (non-hydrogen) atoms. The molecule has 114 valence electrons. The Morgan fingerprint density at radius 1 is 1.19 bits per heavy atom. The van der Waals surface area contributed by atoms with Gasteiger partial charge in [0.2, 0.25) is 0 Å². The second-order valence-electron chi connectivity index (χ2n) is 5.98. The summed E-state index contributed by atoms with van der Waals surface area (Å²) in [6.07, 6.45) is 3.97. The minimum absolute atomic E-state index is 0.226. The molecular weight excluding hydrogens is 260 g/mol. The highest BCUT2D eigenvalue weighted by atomic mass is 15.2. The minimum atomic E-state index is 0.226. The third-order valence-electron chi connectivity index (χ3n) is 4.19. The molecule has 4 nitrogen and oxygen atoms in total. The van der Waals surface area contributed by atoms with E-state index in [1.807, 2.05) is 17.9 Å². The highest BCUT2D eigenvalue weighted by molar-refractivity contribution is 5.38. The van der Waals surface area contributed by atoms with E-state index in [4.69, 9.17) is 5.73 Å². The van der Waals surface area contributed by atoms with Crippen LogP contribution in [-0.4, -0.2) is 28.3 Å². The van der Waals surface area contributed by atoms with Crippen LogP contribution in [0.1, 0.15) is 33.9 Å². The molecule has 0 saturated heterocycles. The first-order valence-corrected chi connectivity index (χ1v) is 7.38. The molecule has 0 saturated carbocycles. The van der Waals surface area contributed by atoms with Crippen molar-refractivity contribution in [2.75, 3.05) is 13.6 Å². The molecule has 0 spiro atoms. The normalized spacial score (nSPS) is 12.9. The number of aryl methyl sites for hydroxylation is 4. The smallest absolute Gasteiger partial charge is 0.0534 e. The predicted octanol–water partition coefficient (Wildman–Crippen LogP) is 2.48. The van der Waals surface area contributed by atoms with Crippen molar-refractivity contribution in [2.45, 2.75) is 33.4 Å². The molecule has 0 bridgehead atoms. The summed E-state index contributed by atoms with van der Waals surface area (Å²) >= 11 is 0. The summed E-state index contributed by atoms with van der Waals surface area (Å²) in [7, 11) is 4.07. The van der Waals surface area contributed by atoms with Gasteiger partial charge in [-0.05, 0) is 50.1 Å². The Morgan fingerprint density at radius 2 is 1.86 bits per heavy atom. The molecular formula is C17H26N4. The van der Waals surface area contributed by atoms with E-state index in [0.717, 1.165) is 6.54 Å². The van der Waals surface area contributed by atoms with Gasteiger partial charge >= 0.3 is 0 Å². The van der Waals surface area contributed by atoms with Gasteiger partial charge in [0, 0.05) is 37.9 Å². The quantitative estimate of drug-likeness (QED) is 0.918. The average molecular weight is 286 g/mol. The Hall–Kier alpha value is -1.65. The van der Waals surface area contributed by atoms with Gasteiger partial charge in [-0.3, -0.25) is 9.58 Å². The van der Waals surface area contributed by atoms with E-state index in [-0.39, 0.29) is 6.04 Å². The molecule has 0 amide bonds. The van der Waals surface area contributed by atoms with Crippen LogP contribution < -0.4 is 5.73 Å². The van der Waals surface area contributed by atoms with Gasteiger partial charge in [-0.25, -0.2) is 0 Å². The van der Waals surface area contributed by atoms with E-state index in [9.17, 15) is 0 Å². The number of aromatic nitrogens is 2. The molecule has 0 radical (unpaired) electrons. The number of likely N-dealkylation sites (N-methyl/N-ethyl adjacent to an activating group) is 1. The molecule has 2 aromatic rings. The largest absolute Gasteiger partial charge is 0.329 e. The predicted molar refractivity (Wildman–Crippen MR) is 87.1 cm³/mol. The molecule has 1 aromatic heterocycles. The monoisotopic (exact) mass is 286 g/mol. The SMILES string of the molecule is Cc1cc(C)c(C(CN)N(C)Cc2cnn(C)c2)cc1C. The molecule has 0 aliphatic rings. The van der Waals surface area contributed by atoms with Gasteiger partial charge in [0.05, 0.1) is 6.20 Å². The average Bonchev–Trinajstić information content (AvgIpc) is 2.81. The summed E-state index contributed by atoms with van der Waals surface area (Å²) in [5.74, 6) is 0. The molecule has 4 heteroatoms. The number of rotatable bonds is 5. The molecule has 1 atom stereocenters. The summed E-state index contributed by atoms with van der Waals surface area (Å²) in [6, 6.07) is 4.76. The van der Waals surface area contributed by atoms with Crippen LogP contribution in [0.2, 0.25) is 0 Å². The number of nitrogens with zero attached hydrogens (tertiary/aromatic N) is 3. The molecule has 1 heterocycles. The van der Waals surface area contributed by atoms with E-state index in [2.05, 4.69) is 56.1 Å². The maximum atomic E-state index is 6.06. The van der Waals surface area contributed by atoms with E-state index in [1.165, 1.54) is 27.8 Å². The van der Waals surface area contributed by atoms with Crippen molar-refractivity contribution in [3.63, 3.8) is 0 Å². The third-order valence-corrected chi connectivity index (χ3v) is 4.19. The fraction of sp³-hybridized carbons (Fsp3) is 0.471. The van der Waals surface area contributed by atoms with Crippen molar-refractivity contribution in [1.82, 2.24) is 14.7 Å². The van der Waals surface area contributed by atoms with Crippen LogP contribution in [0.5, 0.6) is 0 Å². The lowest BCUT2D eigenvalue weighted by atomic mass is 9.95. The molecule has 0 aliphatic carbocycles. The van der Waals surface area contributed by atoms with Crippen LogP contribution in [-0.2, 0) is 13.6 Å². The van der Waals surface area contributed by atoms with Crippen molar-refractivity contribution in [3.05, 3.63) is 52.3 Å². The van der Waals surface area contributed by atoms with Gasteiger partial charge < -0.3 is 5.73 Å². The van der Waals surface area contributed by atoms with Crippen LogP contribution >= 0.6 is 0 Å². The second kappa shape index (κ2) is 6.41. The number of nitrogens with two attached hydrogens (primary N) is 1. The number of hydrogen-bond donors (Lipinski definition) is 1. The summed E-state index contributed by atoms with van der Waals surface area (Å²) < 4.78 is 1.84. The Labute approximate surface area is 127 Å². The zero-order valence-electron chi connectivity index (χ0n) is 13.7. The molecule has 2 rings (SSSR count). The molecule has 1 aromatic carbocycles. The zero-order chi connectivity index (χ0) is 15.6. The topological polar surface area (TPSA) is 47.1 Å².